The second-order valence-corrected chi connectivity index (χ2v) is 13.9. The molecule has 0 aromatic carbocycles. The molecule has 5 N–H and O–H groups in total. The number of nitrogens with zero attached hydrogens (tertiary/aromatic N) is 8. The van der Waals surface area contributed by atoms with Gasteiger partial charge < -0.3 is 20.6 Å². The van der Waals surface area contributed by atoms with Crippen LogP contribution in [-0.2, 0) is 4.79 Å². The van der Waals surface area contributed by atoms with E-state index in [1.54, 1.807) is 29.2 Å². The molecule has 5 aromatic rings. The van der Waals surface area contributed by atoms with Gasteiger partial charge in [0.05, 0.1) is 36.8 Å². The molecule has 0 amide bonds. The number of H-pyrrole nitrogens is 2. The van der Waals surface area contributed by atoms with Crippen molar-refractivity contribution >= 4 is 46.6 Å². The van der Waals surface area contributed by atoms with Crippen LogP contribution in [0.1, 0.15) is 110 Å². The van der Waals surface area contributed by atoms with Gasteiger partial charge in [-0.15, -0.1) is 0 Å². The number of carbonyl (C=O) groups is 1. The van der Waals surface area contributed by atoms with Crippen LogP contribution < -0.4 is 11.3 Å². The van der Waals surface area contributed by atoms with Gasteiger partial charge in [0.1, 0.15) is 34.0 Å². The first-order chi connectivity index (χ1) is 23.9. The van der Waals surface area contributed by atoms with Gasteiger partial charge in [0.15, 0.2) is 5.65 Å². The summed E-state index contributed by atoms with van der Waals surface area (Å²) in [6, 6.07) is 6.63. The fourth-order valence-electron chi connectivity index (χ4n) is 4.02. The molecule has 0 spiro atoms. The van der Waals surface area contributed by atoms with Crippen LogP contribution in [-0.4, -0.2) is 50.8 Å². The minimum Gasteiger partial charge on any atom is -0.493 e. The van der Waals surface area contributed by atoms with Crippen molar-refractivity contribution in [1.29, 1.82) is 10.5 Å². The lowest BCUT2D eigenvalue weighted by molar-refractivity contribution is -0.110. The lowest BCUT2D eigenvalue weighted by Gasteiger charge is -2.02. The van der Waals surface area contributed by atoms with Crippen molar-refractivity contribution in [3.63, 3.8) is 0 Å². The second-order valence-electron chi connectivity index (χ2n) is 13.1. The van der Waals surface area contributed by atoms with Crippen molar-refractivity contribution in [2.24, 2.45) is 17.8 Å². The number of aromatic hydroxyl groups is 1. The Hall–Kier alpha value is -4.92. The maximum Gasteiger partial charge on any atom is 0.254 e. The van der Waals surface area contributed by atoms with Crippen molar-refractivity contribution in [2.75, 3.05) is 5.73 Å². The topological polar surface area (TPSA) is 220 Å². The highest BCUT2D eigenvalue weighted by atomic mass is 35.5. The molecule has 0 saturated carbocycles. The van der Waals surface area contributed by atoms with Gasteiger partial charge in [0.25, 0.3) is 5.56 Å². The molecule has 0 bridgehead atoms. The first-order valence-corrected chi connectivity index (χ1v) is 17.2. The number of nitriles is 2. The Kier molecular flexibility index (Phi) is 18.4. The Labute approximate surface area is 308 Å². The summed E-state index contributed by atoms with van der Waals surface area (Å²) >= 11 is 11.8. The minimum absolute atomic E-state index is 0.143. The number of aromatic amines is 2. The number of nitrogen functional groups attached to an aromatic ring is 1. The highest BCUT2D eigenvalue weighted by Crippen LogP contribution is 2.24. The van der Waals surface area contributed by atoms with E-state index >= 15 is 0 Å². The largest absolute Gasteiger partial charge is 0.493 e. The molecule has 5 aromatic heterocycles. The summed E-state index contributed by atoms with van der Waals surface area (Å²) < 4.78 is 2.90. The summed E-state index contributed by atoms with van der Waals surface area (Å²) in [7, 11) is 0. The number of fused-ring (bicyclic) bond motifs is 2. The molecule has 276 valence electrons. The van der Waals surface area contributed by atoms with Crippen LogP contribution >= 0.6 is 23.2 Å². The zero-order valence-electron chi connectivity index (χ0n) is 30.8. The average molecular weight is 743 g/mol. The van der Waals surface area contributed by atoms with Crippen molar-refractivity contribution in [3.8, 4) is 18.0 Å². The smallest absolute Gasteiger partial charge is 0.254 e. The lowest BCUT2D eigenvalue weighted by atomic mass is 10.00. The first-order valence-electron chi connectivity index (χ1n) is 16.4. The van der Waals surface area contributed by atoms with Gasteiger partial charge in [-0.3, -0.25) is 9.89 Å². The molecule has 0 aliphatic heterocycles. The number of rotatable bonds is 6. The van der Waals surface area contributed by atoms with E-state index in [-0.39, 0.29) is 23.3 Å². The number of anilines is 1. The zero-order valence-corrected chi connectivity index (χ0v) is 32.3. The molecular formula is C35H49Cl2N11O3. The predicted molar refractivity (Wildman–Crippen MR) is 201 cm³/mol. The van der Waals surface area contributed by atoms with Crippen LogP contribution in [0.5, 0.6) is 5.88 Å². The van der Waals surface area contributed by atoms with E-state index in [9.17, 15) is 14.7 Å². The van der Waals surface area contributed by atoms with Gasteiger partial charge in [0, 0.05) is 29.2 Å². The van der Waals surface area contributed by atoms with Crippen LogP contribution in [0.4, 0.5) is 5.82 Å². The van der Waals surface area contributed by atoms with E-state index in [4.69, 9.17) is 39.5 Å². The third-order valence-electron chi connectivity index (χ3n) is 7.02. The van der Waals surface area contributed by atoms with Crippen LogP contribution in [0, 0.1) is 40.4 Å². The highest BCUT2D eigenvalue weighted by molar-refractivity contribution is 6.33. The van der Waals surface area contributed by atoms with Gasteiger partial charge in [-0.25, -0.2) is 9.50 Å². The van der Waals surface area contributed by atoms with E-state index in [2.05, 4.69) is 64.1 Å². The Morgan fingerprint density at radius 2 is 1.47 bits per heavy atom. The van der Waals surface area contributed by atoms with Crippen molar-refractivity contribution in [3.05, 3.63) is 68.1 Å². The quantitative estimate of drug-likeness (QED) is 0.0982. The Bertz CT molecular complexity index is 1960. The fourth-order valence-corrected chi connectivity index (χ4v) is 4.49. The summed E-state index contributed by atoms with van der Waals surface area (Å²) in [5, 5.41) is 41.1. The maximum absolute atomic E-state index is 11.1. The van der Waals surface area contributed by atoms with Gasteiger partial charge in [-0.1, -0.05) is 92.4 Å². The normalized spacial score (nSPS) is 11.1. The van der Waals surface area contributed by atoms with Crippen LogP contribution in [0.2, 0.25) is 10.3 Å². The molecule has 0 aliphatic carbocycles. The lowest BCUT2D eigenvalue weighted by Crippen LogP contribution is -2.07. The molecule has 0 saturated heterocycles. The standard InChI is InChI=1S/C9H9Cl2N3.C9H11N3O2.C6H11N3.C6H9NO.C5H9N/c1-5(2)6-4-12-14-8(11)3-7(10)13-9(6)14;1-5(2)6-4-10-12-8(14)3-7(13)11-9(6)12;1-4(2)5-3-8-9-6(5)7;1-5(2)6(3-7)4-8;1-5(2)3-4-6/h3-5H,1-2H3;3-5,14H,1-2H3,(H,11,13);3-4H,1-2H3,(H3,7,8,9);4-6H,1-2H3;5H,3H2,1-2H3. The van der Waals surface area contributed by atoms with Crippen molar-refractivity contribution in [1.82, 2.24) is 39.4 Å². The van der Waals surface area contributed by atoms with Crippen LogP contribution in [0.15, 0.2) is 35.5 Å². The summed E-state index contributed by atoms with van der Waals surface area (Å²) in [5.41, 5.74) is 9.55. The summed E-state index contributed by atoms with van der Waals surface area (Å²) in [5.74, 6) is 1.88. The average Bonchev–Trinajstić information content (AvgIpc) is 3.77. The summed E-state index contributed by atoms with van der Waals surface area (Å²) in [6.07, 6.45) is 6.55. The van der Waals surface area contributed by atoms with Gasteiger partial charge >= 0.3 is 0 Å². The molecule has 0 radical (unpaired) electrons. The fraction of sp³-hybridized carbons (Fsp3) is 0.486. The van der Waals surface area contributed by atoms with Crippen molar-refractivity contribution in [2.45, 2.75) is 93.4 Å². The third-order valence-corrected chi connectivity index (χ3v) is 7.48. The number of hydrogen-bond acceptors (Lipinski definition) is 10. The second kappa shape index (κ2) is 21.3. The number of nitrogens with one attached hydrogen (secondary N) is 2. The predicted octanol–water partition coefficient (Wildman–Crippen LogP) is 7.66. The molecule has 0 aliphatic rings. The van der Waals surface area contributed by atoms with Crippen molar-refractivity contribution < 1.29 is 9.90 Å². The number of nitrogens with two attached hydrogens (primary N) is 1. The molecule has 1 atom stereocenters. The molecule has 1 unspecified atom stereocenters. The molecule has 5 heterocycles. The molecule has 14 nitrogen and oxygen atoms in total. The minimum atomic E-state index is -0.421. The monoisotopic (exact) mass is 741 g/mol. The summed E-state index contributed by atoms with van der Waals surface area (Å²) in [4.78, 5) is 27.9. The zero-order chi connectivity index (χ0) is 39.0. The Balaban J connectivity index is 0.000000331. The Morgan fingerprint density at radius 1 is 0.902 bits per heavy atom. The van der Waals surface area contributed by atoms with E-state index in [1.807, 2.05) is 47.6 Å². The van der Waals surface area contributed by atoms with E-state index in [1.165, 1.54) is 4.52 Å². The molecular weight excluding hydrogens is 693 g/mol. The molecule has 0 fully saturated rings. The third kappa shape index (κ3) is 13.7. The summed E-state index contributed by atoms with van der Waals surface area (Å²) in [6.45, 7) is 20.1. The molecule has 51 heavy (non-hydrogen) atoms. The number of carbonyl (C=O) groups excluding carboxylic acids is 1. The van der Waals surface area contributed by atoms with Gasteiger partial charge in [0.2, 0.25) is 5.88 Å². The van der Waals surface area contributed by atoms with E-state index < -0.39 is 5.92 Å². The molecule has 5 rings (SSSR count). The number of halogens is 2. The number of aromatic nitrogens is 8. The van der Waals surface area contributed by atoms with Gasteiger partial charge in [-0.05, 0) is 29.6 Å². The van der Waals surface area contributed by atoms with Crippen LogP contribution in [0.3, 0.4) is 0 Å². The Morgan fingerprint density at radius 3 is 1.86 bits per heavy atom. The highest BCUT2D eigenvalue weighted by Gasteiger charge is 2.13. The first kappa shape index (κ1) is 44.1. The maximum atomic E-state index is 11.1. The van der Waals surface area contributed by atoms with Gasteiger partial charge in [-0.2, -0.15) is 30.3 Å². The van der Waals surface area contributed by atoms with E-state index in [0.29, 0.717) is 52.2 Å². The SMILES string of the molecule is CC(C)C(C#N)C=O.CC(C)CC#N.CC(C)c1cn[nH]c1N.CC(C)c1cnn2c(Cl)cc(Cl)nc12.CC(C)c1cnn2c(O)cc(=O)[nH]c12. The molecule has 16 heteroatoms. The van der Waals surface area contributed by atoms with E-state index in [0.717, 1.165) is 28.4 Å². The number of hydrogen-bond donors (Lipinski definition) is 4. The number of aldehydes is 1. The van der Waals surface area contributed by atoms with Crippen LogP contribution in [0.25, 0.3) is 11.3 Å².